The monoisotopic (exact) mass is 942 g/mol. The number of rotatable bonds is 12. The molecule has 10 rings (SSSR count). The van der Waals surface area contributed by atoms with Gasteiger partial charge in [0.1, 0.15) is 43.1 Å². The number of carbonyl (C=O) groups is 1. The van der Waals surface area contributed by atoms with Gasteiger partial charge < -0.3 is 43.7 Å². The van der Waals surface area contributed by atoms with Crippen LogP contribution in [0.5, 0.6) is 23.0 Å². The van der Waals surface area contributed by atoms with Gasteiger partial charge in [0.05, 0.1) is 12.4 Å². The average molecular weight is 943 g/mol. The third-order valence-corrected chi connectivity index (χ3v) is 12.9. The molecule has 6 aromatic rings. The van der Waals surface area contributed by atoms with Gasteiger partial charge in [0.2, 0.25) is 0 Å². The van der Waals surface area contributed by atoms with Gasteiger partial charge in [0.15, 0.2) is 34.3 Å². The molecule has 4 aromatic heterocycles. The SMILES string of the molecule is CC(C)(C)OC(=O)N(Cc1ccc2c(c1)OCCO2)C1CCN(CCn2c(=O)cnc3cccnc32)CC1.O=c1cnc2cccnc2n1CCN1CCC(NCc2ccc3c(c2)OCCO3)CC1. The highest BCUT2D eigenvalue weighted by Crippen LogP contribution is 2.33. The molecule has 8 heterocycles. The van der Waals surface area contributed by atoms with Crippen molar-refractivity contribution in [3.05, 3.63) is 117 Å². The Morgan fingerprint density at radius 2 is 1.14 bits per heavy atom. The lowest BCUT2D eigenvalue weighted by Crippen LogP contribution is -2.49. The molecule has 2 aromatic carbocycles. The van der Waals surface area contributed by atoms with E-state index < -0.39 is 5.60 Å². The zero-order valence-corrected chi connectivity index (χ0v) is 39.8. The molecule has 0 spiro atoms. The van der Waals surface area contributed by atoms with E-state index in [2.05, 4.69) is 47.2 Å². The summed E-state index contributed by atoms with van der Waals surface area (Å²) in [5.41, 5.74) is 4.07. The molecular weight excluding hydrogens is 881 g/mol. The van der Waals surface area contributed by atoms with Gasteiger partial charge >= 0.3 is 6.09 Å². The summed E-state index contributed by atoms with van der Waals surface area (Å²) in [6, 6.07) is 19.9. The maximum atomic E-state index is 13.3. The Kier molecular flexibility index (Phi) is 15.0. The van der Waals surface area contributed by atoms with Crippen LogP contribution in [0.2, 0.25) is 0 Å². The van der Waals surface area contributed by atoms with Gasteiger partial charge in [0, 0.05) is 76.8 Å². The van der Waals surface area contributed by atoms with E-state index in [9.17, 15) is 14.4 Å². The number of hydrogen-bond acceptors (Lipinski definition) is 15. The lowest BCUT2D eigenvalue weighted by molar-refractivity contribution is 0.00562. The Morgan fingerprint density at radius 3 is 1.68 bits per heavy atom. The first-order valence-corrected chi connectivity index (χ1v) is 24.1. The summed E-state index contributed by atoms with van der Waals surface area (Å²) in [5.74, 6) is 3.11. The average Bonchev–Trinajstić information content (AvgIpc) is 3.37. The number of piperidine rings is 2. The summed E-state index contributed by atoms with van der Waals surface area (Å²) in [4.78, 5) is 61.7. The first-order valence-electron chi connectivity index (χ1n) is 24.1. The smallest absolute Gasteiger partial charge is 0.410 e. The lowest BCUT2D eigenvalue weighted by Gasteiger charge is -2.39. The molecule has 4 aliphatic heterocycles. The molecule has 2 fully saturated rings. The highest BCUT2D eigenvalue weighted by Gasteiger charge is 2.32. The van der Waals surface area contributed by atoms with Crippen molar-refractivity contribution in [2.45, 2.75) is 90.3 Å². The van der Waals surface area contributed by atoms with Gasteiger partial charge in [-0.25, -0.2) is 24.7 Å². The van der Waals surface area contributed by atoms with Gasteiger partial charge in [0.25, 0.3) is 11.1 Å². The number of aromatic nitrogens is 6. The second-order valence-electron chi connectivity index (χ2n) is 18.8. The van der Waals surface area contributed by atoms with Crippen molar-refractivity contribution in [2.75, 3.05) is 65.7 Å². The number of benzene rings is 2. The topological polar surface area (TPSA) is 181 Å². The van der Waals surface area contributed by atoms with E-state index in [1.54, 1.807) is 21.5 Å². The van der Waals surface area contributed by atoms with E-state index in [0.717, 1.165) is 99.8 Å². The Labute approximate surface area is 401 Å². The van der Waals surface area contributed by atoms with Crippen LogP contribution in [0.25, 0.3) is 22.3 Å². The number of ether oxygens (including phenoxy) is 5. The van der Waals surface area contributed by atoms with Crippen LogP contribution in [0.15, 0.2) is 95.0 Å². The summed E-state index contributed by atoms with van der Waals surface area (Å²) in [6.07, 6.45) is 9.63. The van der Waals surface area contributed by atoms with Crippen LogP contribution in [0.3, 0.4) is 0 Å². The number of hydrogen-bond donors (Lipinski definition) is 1. The standard InChI is InChI=1S/C28H35N5O5.C23H27N5O3/c1-28(2,3)38-27(35)33(19-20-6-7-23-24(17-20)37-16-15-36-23)21-8-11-31(12-9-21)13-14-32-25(34)18-30-22-5-4-10-29-26(22)32;29-22-16-26-19-2-1-7-24-23(19)28(22)11-10-27-8-5-18(6-9-27)25-15-17-3-4-20-21(14-17)31-13-12-30-20/h4-7,10,17-18,21H,8-9,11-16,19H2,1-3H3;1-4,7,14,16,18,25H,5-6,8-13,15H2. The van der Waals surface area contributed by atoms with Crippen LogP contribution in [-0.4, -0.2) is 133 Å². The molecule has 69 heavy (non-hydrogen) atoms. The van der Waals surface area contributed by atoms with E-state index in [4.69, 9.17) is 23.7 Å². The van der Waals surface area contributed by atoms with Crippen LogP contribution in [0.1, 0.15) is 57.6 Å². The van der Waals surface area contributed by atoms with Gasteiger partial charge in [-0.05, 0) is 119 Å². The molecule has 0 bridgehead atoms. The molecular formula is C51H62N10O8. The highest BCUT2D eigenvalue weighted by molar-refractivity contribution is 5.70. The van der Waals surface area contributed by atoms with Gasteiger partial charge in [-0.2, -0.15) is 0 Å². The highest BCUT2D eigenvalue weighted by atomic mass is 16.6. The first-order chi connectivity index (χ1) is 33.5. The third-order valence-electron chi connectivity index (χ3n) is 12.9. The Balaban J connectivity index is 0.000000175. The second kappa shape index (κ2) is 21.8. The van der Waals surface area contributed by atoms with E-state index in [1.165, 1.54) is 18.0 Å². The largest absolute Gasteiger partial charge is 0.486 e. The maximum Gasteiger partial charge on any atom is 0.410 e. The Morgan fingerprint density at radius 1 is 0.652 bits per heavy atom. The van der Waals surface area contributed by atoms with E-state index in [1.807, 2.05) is 74.2 Å². The molecule has 2 saturated heterocycles. The zero-order chi connectivity index (χ0) is 47.7. The molecule has 0 aliphatic carbocycles. The first kappa shape index (κ1) is 47.4. The van der Waals surface area contributed by atoms with Gasteiger partial charge in [-0.3, -0.25) is 18.7 Å². The van der Waals surface area contributed by atoms with Crippen molar-refractivity contribution < 1.29 is 28.5 Å². The predicted octanol–water partition coefficient (Wildman–Crippen LogP) is 5.28. The minimum absolute atomic E-state index is 0.0421. The van der Waals surface area contributed by atoms with Crippen LogP contribution < -0.4 is 35.4 Å². The summed E-state index contributed by atoms with van der Waals surface area (Å²) < 4.78 is 31.9. The fourth-order valence-corrected chi connectivity index (χ4v) is 9.23. The molecule has 364 valence electrons. The number of nitrogens with one attached hydrogen (secondary N) is 1. The normalized spacial score (nSPS) is 16.7. The molecule has 0 saturated carbocycles. The molecule has 18 nitrogen and oxygen atoms in total. The number of carbonyl (C=O) groups excluding carboxylic acids is 1. The van der Waals surface area contributed by atoms with Crippen molar-refractivity contribution in [3.8, 4) is 23.0 Å². The second-order valence-corrected chi connectivity index (χ2v) is 18.8. The molecule has 4 aliphatic rings. The summed E-state index contributed by atoms with van der Waals surface area (Å²) in [7, 11) is 0. The van der Waals surface area contributed by atoms with Crippen LogP contribution in [0.4, 0.5) is 4.79 Å². The lowest BCUT2D eigenvalue weighted by atomic mass is 10.0. The number of pyridine rings is 2. The number of amides is 1. The Bertz CT molecular complexity index is 2830. The molecule has 1 N–H and O–H groups in total. The van der Waals surface area contributed by atoms with Gasteiger partial charge in [-0.15, -0.1) is 0 Å². The summed E-state index contributed by atoms with van der Waals surface area (Å²) >= 11 is 0. The molecule has 0 radical (unpaired) electrons. The van der Waals surface area contributed by atoms with Crippen LogP contribution >= 0.6 is 0 Å². The fraction of sp³-hybridized carbons (Fsp3) is 0.471. The third kappa shape index (κ3) is 12.2. The van der Waals surface area contributed by atoms with Gasteiger partial charge in [-0.1, -0.05) is 12.1 Å². The minimum Gasteiger partial charge on any atom is -0.486 e. The molecule has 0 atom stereocenters. The van der Waals surface area contributed by atoms with Crippen molar-refractivity contribution in [2.24, 2.45) is 0 Å². The van der Waals surface area contributed by atoms with E-state index >= 15 is 0 Å². The summed E-state index contributed by atoms with van der Waals surface area (Å²) in [5, 5.41) is 3.68. The zero-order valence-electron chi connectivity index (χ0n) is 39.8. The van der Waals surface area contributed by atoms with Crippen molar-refractivity contribution >= 4 is 28.4 Å². The van der Waals surface area contributed by atoms with Crippen LogP contribution in [0, 0.1) is 0 Å². The molecule has 0 unspecified atom stereocenters. The number of nitrogens with zero attached hydrogens (tertiary/aromatic N) is 9. The maximum absolute atomic E-state index is 13.3. The van der Waals surface area contributed by atoms with E-state index in [-0.39, 0.29) is 23.3 Å². The predicted molar refractivity (Wildman–Crippen MR) is 260 cm³/mol. The number of likely N-dealkylation sites (tertiary alicyclic amines) is 2. The Hall–Kier alpha value is -6.63. The quantitative estimate of drug-likeness (QED) is 0.167. The van der Waals surface area contributed by atoms with Crippen molar-refractivity contribution in [1.29, 1.82) is 0 Å². The molecule has 1 amide bonds. The number of fused-ring (bicyclic) bond motifs is 4. The van der Waals surface area contributed by atoms with Crippen LogP contribution in [-0.2, 0) is 30.9 Å². The van der Waals surface area contributed by atoms with E-state index in [0.29, 0.717) is 74.7 Å². The van der Waals surface area contributed by atoms with Crippen molar-refractivity contribution in [3.63, 3.8) is 0 Å². The molecule has 18 heteroatoms. The minimum atomic E-state index is -0.586. The fourth-order valence-electron chi connectivity index (χ4n) is 9.23. The van der Waals surface area contributed by atoms with Crippen molar-refractivity contribution in [1.82, 2.24) is 49.1 Å². The summed E-state index contributed by atoms with van der Waals surface area (Å²) in [6.45, 7) is 15.6.